The maximum atomic E-state index is 11.4. The van der Waals surface area contributed by atoms with Crippen LogP contribution in [0.15, 0.2) is 24.3 Å². The second kappa shape index (κ2) is 5.19. The van der Waals surface area contributed by atoms with E-state index in [-0.39, 0.29) is 12.0 Å². The molecule has 20 heavy (non-hydrogen) atoms. The molecule has 1 aliphatic carbocycles. The minimum Gasteiger partial charge on any atom is -0.465 e. The van der Waals surface area contributed by atoms with Crippen molar-refractivity contribution in [2.24, 2.45) is 5.92 Å². The van der Waals surface area contributed by atoms with E-state index in [4.69, 9.17) is 4.74 Å². The molecule has 1 heterocycles. The summed E-state index contributed by atoms with van der Waals surface area (Å²) in [5.74, 6) is 0.170. The highest BCUT2D eigenvalue weighted by atomic mass is 16.5. The predicted octanol–water partition coefficient (Wildman–Crippen LogP) is 2.04. The quantitative estimate of drug-likeness (QED) is 0.829. The summed E-state index contributed by atoms with van der Waals surface area (Å²) >= 11 is 0. The van der Waals surface area contributed by atoms with Gasteiger partial charge in [-0.15, -0.1) is 0 Å². The monoisotopic (exact) mass is 275 g/mol. The molecule has 0 spiro atoms. The normalized spacial score (nSPS) is 30.0. The third-order valence-corrected chi connectivity index (χ3v) is 4.58. The van der Waals surface area contributed by atoms with E-state index in [9.17, 15) is 9.90 Å². The lowest BCUT2D eigenvalue weighted by Gasteiger charge is -2.38. The van der Waals surface area contributed by atoms with Gasteiger partial charge in [0.1, 0.15) is 0 Å². The van der Waals surface area contributed by atoms with Crippen LogP contribution in [0.2, 0.25) is 0 Å². The molecular formula is C16H21NO3. The Morgan fingerprint density at radius 1 is 1.35 bits per heavy atom. The Labute approximate surface area is 119 Å². The molecule has 4 nitrogen and oxygen atoms in total. The largest absolute Gasteiger partial charge is 0.465 e. The van der Waals surface area contributed by atoms with E-state index in [0.29, 0.717) is 11.5 Å². The summed E-state index contributed by atoms with van der Waals surface area (Å²) in [6.45, 7) is 0.844. The predicted molar refractivity (Wildman–Crippen MR) is 75.4 cm³/mol. The SMILES string of the molecule is COC(=O)c1ccc([C@@H]2CC(O)(C3CC3)CCN2)cc1. The summed E-state index contributed by atoms with van der Waals surface area (Å²) in [7, 11) is 1.38. The van der Waals surface area contributed by atoms with Crippen LogP contribution in [0.4, 0.5) is 0 Å². The molecule has 2 N–H and O–H groups in total. The van der Waals surface area contributed by atoms with E-state index in [2.05, 4.69) is 5.32 Å². The fourth-order valence-corrected chi connectivity index (χ4v) is 3.19. The molecule has 1 aromatic carbocycles. The van der Waals surface area contributed by atoms with Gasteiger partial charge in [-0.25, -0.2) is 4.79 Å². The lowest BCUT2D eigenvalue weighted by Crippen LogP contribution is -2.45. The minimum atomic E-state index is -0.503. The fourth-order valence-electron chi connectivity index (χ4n) is 3.19. The minimum absolute atomic E-state index is 0.168. The first kappa shape index (κ1) is 13.6. The van der Waals surface area contributed by atoms with Crippen LogP contribution >= 0.6 is 0 Å². The number of hydrogen-bond donors (Lipinski definition) is 2. The molecule has 1 saturated carbocycles. The van der Waals surface area contributed by atoms with Gasteiger partial charge in [-0.1, -0.05) is 12.1 Å². The molecule has 0 amide bonds. The molecule has 1 aliphatic heterocycles. The van der Waals surface area contributed by atoms with Gasteiger partial charge in [0.05, 0.1) is 18.3 Å². The second-order valence-electron chi connectivity index (χ2n) is 5.95. The first-order valence-electron chi connectivity index (χ1n) is 7.26. The van der Waals surface area contributed by atoms with Crippen molar-refractivity contribution in [1.29, 1.82) is 0 Å². The average molecular weight is 275 g/mol. The Hall–Kier alpha value is -1.39. The van der Waals surface area contributed by atoms with Crippen LogP contribution in [0.1, 0.15) is 47.6 Å². The van der Waals surface area contributed by atoms with Crippen molar-refractivity contribution in [2.45, 2.75) is 37.3 Å². The number of piperidine rings is 1. The van der Waals surface area contributed by atoms with E-state index < -0.39 is 5.60 Å². The average Bonchev–Trinajstić information content (AvgIpc) is 3.32. The van der Waals surface area contributed by atoms with Crippen molar-refractivity contribution in [3.8, 4) is 0 Å². The molecule has 2 aliphatic rings. The zero-order chi connectivity index (χ0) is 14.2. The Kier molecular flexibility index (Phi) is 3.52. The Balaban J connectivity index is 1.73. The van der Waals surface area contributed by atoms with Crippen molar-refractivity contribution >= 4 is 5.97 Å². The highest BCUT2D eigenvalue weighted by Crippen LogP contribution is 2.47. The number of carbonyl (C=O) groups excluding carboxylic acids is 1. The fraction of sp³-hybridized carbons (Fsp3) is 0.562. The number of methoxy groups -OCH3 is 1. The molecule has 2 atom stereocenters. The van der Waals surface area contributed by atoms with Gasteiger partial charge in [-0.2, -0.15) is 0 Å². The van der Waals surface area contributed by atoms with Gasteiger partial charge in [0.15, 0.2) is 0 Å². The standard InChI is InChI=1S/C16H21NO3/c1-20-15(18)12-4-2-11(3-5-12)14-10-16(19,8-9-17-14)13-6-7-13/h2-5,13-14,17,19H,6-10H2,1H3/t14-,16?/m0/s1. The topological polar surface area (TPSA) is 58.6 Å². The first-order valence-corrected chi connectivity index (χ1v) is 7.26. The van der Waals surface area contributed by atoms with E-state index >= 15 is 0 Å². The molecule has 2 fully saturated rings. The number of hydrogen-bond acceptors (Lipinski definition) is 4. The van der Waals surface area contributed by atoms with Crippen LogP contribution in [-0.2, 0) is 4.74 Å². The molecule has 1 saturated heterocycles. The molecule has 1 aromatic rings. The summed E-state index contributed by atoms with van der Waals surface area (Å²) in [6.07, 6.45) is 3.92. The molecule has 0 radical (unpaired) electrons. The van der Waals surface area contributed by atoms with E-state index in [1.54, 1.807) is 12.1 Å². The van der Waals surface area contributed by atoms with Crippen molar-refractivity contribution in [3.05, 3.63) is 35.4 Å². The van der Waals surface area contributed by atoms with Crippen LogP contribution in [0.25, 0.3) is 0 Å². The molecular weight excluding hydrogens is 254 g/mol. The van der Waals surface area contributed by atoms with E-state index in [1.165, 1.54) is 7.11 Å². The summed E-state index contributed by atoms with van der Waals surface area (Å²) in [4.78, 5) is 11.4. The summed E-state index contributed by atoms with van der Waals surface area (Å²) in [6, 6.07) is 7.63. The van der Waals surface area contributed by atoms with Crippen molar-refractivity contribution in [1.82, 2.24) is 5.32 Å². The maximum absolute atomic E-state index is 11.4. The van der Waals surface area contributed by atoms with E-state index in [1.807, 2.05) is 12.1 Å². The van der Waals surface area contributed by atoms with Crippen molar-refractivity contribution in [2.75, 3.05) is 13.7 Å². The lowest BCUT2D eigenvalue weighted by atomic mass is 9.81. The van der Waals surface area contributed by atoms with Gasteiger partial charge in [0, 0.05) is 6.04 Å². The van der Waals surface area contributed by atoms with Gasteiger partial charge in [-0.3, -0.25) is 0 Å². The Morgan fingerprint density at radius 3 is 2.65 bits per heavy atom. The van der Waals surface area contributed by atoms with Gasteiger partial charge in [-0.05, 0) is 55.8 Å². The number of ether oxygens (including phenoxy) is 1. The number of aliphatic hydroxyl groups is 1. The number of esters is 1. The van der Waals surface area contributed by atoms with Crippen LogP contribution in [0.3, 0.4) is 0 Å². The third kappa shape index (κ3) is 2.58. The van der Waals surface area contributed by atoms with E-state index in [0.717, 1.165) is 37.8 Å². The number of benzene rings is 1. The van der Waals surface area contributed by atoms with Crippen LogP contribution in [0, 0.1) is 5.92 Å². The highest BCUT2D eigenvalue weighted by molar-refractivity contribution is 5.89. The van der Waals surface area contributed by atoms with Crippen molar-refractivity contribution < 1.29 is 14.6 Å². The Bertz CT molecular complexity index is 495. The number of nitrogens with one attached hydrogen (secondary N) is 1. The zero-order valence-electron chi connectivity index (χ0n) is 11.8. The second-order valence-corrected chi connectivity index (χ2v) is 5.95. The summed E-state index contributed by atoms with van der Waals surface area (Å²) in [5, 5.41) is 14.2. The smallest absolute Gasteiger partial charge is 0.337 e. The van der Waals surface area contributed by atoms with Crippen molar-refractivity contribution in [3.63, 3.8) is 0 Å². The first-order chi connectivity index (χ1) is 9.62. The van der Waals surface area contributed by atoms with Gasteiger partial charge < -0.3 is 15.2 Å². The third-order valence-electron chi connectivity index (χ3n) is 4.58. The molecule has 108 valence electrons. The zero-order valence-corrected chi connectivity index (χ0v) is 11.8. The van der Waals surface area contributed by atoms with Crippen LogP contribution < -0.4 is 5.32 Å². The molecule has 0 bridgehead atoms. The van der Waals surface area contributed by atoms with Gasteiger partial charge in [0.2, 0.25) is 0 Å². The number of carbonyl (C=O) groups is 1. The maximum Gasteiger partial charge on any atom is 0.337 e. The lowest BCUT2D eigenvalue weighted by molar-refractivity contribution is -0.0246. The van der Waals surface area contributed by atoms with Crippen LogP contribution in [-0.4, -0.2) is 30.3 Å². The number of rotatable bonds is 3. The Morgan fingerprint density at radius 2 is 2.05 bits per heavy atom. The summed E-state index contributed by atoms with van der Waals surface area (Å²) < 4.78 is 4.70. The van der Waals surface area contributed by atoms with Gasteiger partial charge >= 0.3 is 5.97 Å². The van der Waals surface area contributed by atoms with Crippen LogP contribution in [0.5, 0.6) is 0 Å². The summed E-state index contributed by atoms with van der Waals surface area (Å²) in [5.41, 5.74) is 1.18. The molecule has 3 rings (SSSR count). The molecule has 4 heteroatoms. The van der Waals surface area contributed by atoms with Gasteiger partial charge in [0.25, 0.3) is 0 Å². The highest BCUT2D eigenvalue weighted by Gasteiger charge is 2.46. The molecule has 0 aromatic heterocycles. The molecule has 1 unspecified atom stereocenters.